The largest absolute Gasteiger partial charge is 0.415 e. The molecule has 7 nitrogen and oxygen atoms in total. The molecular formula is C27H28F4N6O. The van der Waals surface area contributed by atoms with Crippen molar-refractivity contribution in [2.75, 3.05) is 19.6 Å². The Balaban J connectivity index is 1.25. The predicted octanol–water partition coefficient (Wildman–Crippen LogP) is 6.05. The third-order valence-electron chi connectivity index (χ3n) is 6.64. The lowest BCUT2D eigenvalue weighted by Crippen LogP contribution is -2.40. The van der Waals surface area contributed by atoms with Gasteiger partial charge in [0, 0.05) is 23.2 Å². The van der Waals surface area contributed by atoms with Crippen LogP contribution < -0.4 is 0 Å². The second kappa shape index (κ2) is 10.6. The molecular weight excluding hydrogens is 500 g/mol. The summed E-state index contributed by atoms with van der Waals surface area (Å²) in [5.74, 6) is -1.14. The van der Waals surface area contributed by atoms with Crippen molar-refractivity contribution in [3.63, 3.8) is 0 Å². The Bertz CT molecular complexity index is 1390. The SMILES string of the molecule is CC(C)(F)CN1CCC(c2cccc(-c3cn(Cc4ccc(-c5nnc(C(F)F)o5)cc4F)nn3)c2)CC1. The van der Waals surface area contributed by atoms with Crippen LogP contribution in [0.5, 0.6) is 0 Å². The molecule has 0 atom stereocenters. The molecule has 3 heterocycles. The van der Waals surface area contributed by atoms with E-state index in [1.54, 1.807) is 24.7 Å². The zero-order valence-electron chi connectivity index (χ0n) is 21.1. The van der Waals surface area contributed by atoms with E-state index in [0.717, 1.165) is 31.5 Å². The summed E-state index contributed by atoms with van der Waals surface area (Å²) in [5, 5.41) is 15.2. The molecule has 4 aromatic rings. The van der Waals surface area contributed by atoms with Gasteiger partial charge in [-0.3, -0.25) is 0 Å². The Morgan fingerprint density at radius 2 is 1.82 bits per heavy atom. The molecule has 11 heteroatoms. The van der Waals surface area contributed by atoms with Gasteiger partial charge in [0.1, 0.15) is 17.2 Å². The molecule has 38 heavy (non-hydrogen) atoms. The number of rotatable bonds is 8. The van der Waals surface area contributed by atoms with Gasteiger partial charge in [0.2, 0.25) is 5.89 Å². The van der Waals surface area contributed by atoms with E-state index in [4.69, 9.17) is 4.42 Å². The van der Waals surface area contributed by atoms with Crippen LogP contribution in [0.25, 0.3) is 22.7 Å². The summed E-state index contributed by atoms with van der Waals surface area (Å²) in [6.07, 6.45) is 0.796. The van der Waals surface area contributed by atoms with Crippen LogP contribution in [0.3, 0.4) is 0 Å². The summed E-state index contributed by atoms with van der Waals surface area (Å²) in [5.41, 5.74) is 2.16. The molecule has 5 rings (SSSR count). The number of aromatic nitrogens is 5. The van der Waals surface area contributed by atoms with Gasteiger partial charge < -0.3 is 9.32 Å². The molecule has 1 aliphatic heterocycles. The molecule has 2 aromatic heterocycles. The third-order valence-corrected chi connectivity index (χ3v) is 6.64. The average molecular weight is 529 g/mol. The first-order chi connectivity index (χ1) is 18.1. The van der Waals surface area contributed by atoms with Crippen molar-refractivity contribution in [3.05, 3.63) is 71.5 Å². The Morgan fingerprint density at radius 1 is 1.03 bits per heavy atom. The van der Waals surface area contributed by atoms with Gasteiger partial charge in [0.25, 0.3) is 5.89 Å². The van der Waals surface area contributed by atoms with E-state index in [2.05, 4.69) is 37.5 Å². The number of benzene rings is 2. The van der Waals surface area contributed by atoms with E-state index in [-0.39, 0.29) is 18.0 Å². The van der Waals surface area contributed by atoms with E-state index >= 15 is 0 Å². The maximum atomic E-state index is 14.8. The molecule has 0 radical (unpaired) electrons. The fourth-order valence-corrected chi connectivity index (χ4v) is 4.84. The molecule has 200 valence electrons. The molecule has 0 unspecified atom stereocenters. The number of halogens is 4. The van der Waals surface area contributed by atoms with Crippen LogP contribution in [-0.2, 0) is 6.54 Å². The van der Waals surface area contributed by atoms with Crippen LogP contribution in [0.2, 0.25) is 0 Å². The van der Waals surface area contributed by atoms with E-state index in [9.17, 15) is 17.6 Å². The minimum Gasteiger partial charge on any atom is -0.415 e. The van der Waals surface area contributed by atoms with E-state index in [1.165, 1.54) is 23.8 Å². The van der Waals surface area contributed by atoms with Gasteiger partial charge in [0.05, 0.1) is 12.7 Å². The summed E-state index contributed by atoms with van der Waals surface area (Å²) in [7, 11) is 0. The van der Waals surface area contributed by atoms with Crippen molar-refractivity contribution in [2.24, 2.45) is 0 Å². The highest BCUT2D eigenvalue weighted by molar-refractivity contribution is 5.59. The van der Waals surface area contributed by atoms with Crippen LogP contribution in [-0.4, -0.2) is 55.4 Å². The van der Waals surface area contributed by atoms with Gasteiger partial charge >= 0.3 is 6.43 Å². The number of likely N-dealkylation sites (tertiary alicyclic amines) is 1. The highest BCUT2D eigenvalue weighted by Crippen LogP contribution is 2.31. The van der Waals surface area contributed by atoms with Crippen LogP contribution in [0.4, 0.5) is 17.6 Å². The quantitative estimate of drug-likeness (QED) is 0.260. The summed E-state index contributed by atoms with van der Waals surface area (Å²) < 4.78 is 60.6. The first-order valence-corrected chi connectivity index (χ1v) is 12.5. The lowest BCUT2D eigenvalue weighted by molar-refractivity contribution is 0.106. The monoisotopic (exact) mass is 528 g/mol. The standard InChI is InChI=1S/C27H28F4N6O/c1-27(2,31)16-36-10-8-17(9-11-36)18-4-3-5-19(12-18)23-15-37(35-32-23)14-21-7-6-20(13-22(21)28)25-33-34-26(38-25)24(29)30/h3-7,12-13,15,17,24H,8-11,14,16H2,1-2H3. The zero-order chi connectivity index (χ0) is 26.9. The molecule has 0 amide bonds. The summed E-state index contributed by atoms with van der Waals surface area (Å²) in [6, 6.07) is 12.4. The topological polar surface area (TPSA) is 72.9 Å². The maximum absolute atomic E-state index is 14.8. The second-order valence-corrected chi connectivity index (χ2v) is 10.2. The Labute approximate surface area is 217 Å². The highest BCUT2D eigenvalue weighted by atomic mass is 19.3. The smallest absolute Gasteiger partial charge is 0.314 e. The number of hydrogen-bond donors (Lipinski definition) is 0. The lowest BCUT2D eigenvalue weighted by Gasteiger charge is -2.34. The molecule has 1 fully saturated rings. The minimum absolute atomic E-state index is 0.133. The van der Waals surface area contributed by atoms with Crippen molar-refractivity contribution in [1.82, 2.24) is 30.1 Å². The van der Waals surface area contributed by atoms with Gasteiger partial charge in [-0.25, -0.2) is 13.5 Å². The molecule has 1 aliphatic rings. The fraction of sp³-hybridized carbons (Fsp3) is 0.407. The van der Waals surface area contributed by atoms with Gasteiger partial charge in [-0.05, 0) is 69.5 Å². The van der Waals surface area contributed by atoms with Crippen molar-refractivity contribution < 1.29 is 22.0 Å². The van der Waals surface area contributed by atoms with E-state index in [0.29, 0.717) is 23.7 Å². The molecule has 0 aliphatic carbocycles. The van der Waals surface area contributed by atoms with Crippen molar-refractivity contribution in [3.8, 4) is 22.7 Å². The van der Waals surface area contributed by atoms with Crippen LogP contribution in [0.1, 0.15) is 56.1 Å². The lowest BCUT2D eigenvalue weighted by atomic mass is 9.88. The second-order valence-electron chi connectivity index (χ2n) is 10.2. The maximum Gasteiger partial charge on any atom is 0.314 e. The average Bonchev–Trinajstić information content (AvgIpc) is 3.55. The van der Waals surface area contributed by atoms with Gasteiger partial charge in [-0.15, -0.1) is 15.3 Å². The van der Waals surface area contributed by atoms with Gasteiger partial charge in [0.15, 0.2) is 0 Å². The van der Waals surface area contributed by atoms with Gasteiger partial charge in [-0.1, -0.05) is 29.5 Å². The van der Waals surface area contributed by atoms with Crippen LogP contribution in [0, 0.1) is 5.82 Å². The molecule has 2 aromatic carbocycles. The third kappa shape index (κ3) is 6.09. The number of alkyl halides is 3. The summed E-state index contributed by atoms with van der Waals surface area (Å²) >= 11 is 0. The van der Waals surface area contributed by atoms with Crippen LogP contribution >= 0.6 is 0 Å². The van der Waals surface area contributed by atoms with Crippen LogP contribution in [0.15, 0.2) is 53.1 Å². The highest BCUT2D eigenvalue weighted by Gasteiger charge is 2.26. The summed E-state index contributed by atoms with van der Waals surface area (Å²) in [4.78, 5) is 2.18. The zero-order valence-corrected chi connectivity index (χ0v) is 21.1. The Morgan fingerprint density at radius 3 is 2.50 bits per heavy atom. The first-order valence-electron chi connectivity index (χ1n) is 12.5. The van der Waals surface area contributed by atoms with E-state index in [1.807, 2.05) is 12.1 Å². The molecule has 0 bridgehead atoms. The Hall–Kier alpha value is -3.60. The molecule has 0 spiro atoms. The van der Waals surface area contributed by atoms with Crippen molar-refractivity contribution >= 4 is 0 Å². The first kappa shape index (κ1) is 26.0. The Kier molecular flexibility index (Phi) is 7.29. The van der Waals surface area contributed by atoms with E-state index < -0.39 is 23.8 Å². The molecule has 0 saturated carbocycles. The predicted molar refractivity (Wildman–Crippen MR) is 133 cm³/mol. The number of hydrogen-bond acceptors (Lipinski definition) is 6. The minimum atomic E-state index is -2.89. The molecule has 1 saturated heterocycles. The fourth-order valence-electron chi connectivity index (χ4n) is 4.84. The number of nitrogens with zero attached hydrogens (tertiary/aromatic N) is 6. The summed E-state index contributed by atoms with van der Waals surface area (Å²) in [6.45, 7) is 5.54. The number of piperidine rings is 1. The van der Waals surface area contributed by atoms with Crippen molar-refractivity contribution in [2.45, 2.75) is 51.2 Å². The molecule has 0 N–H and O–H groups in total. The normalized spacial score (nSPS) is 15.4. The van der Waals surface area contributed by atoms with Crippen molar-refractivity contribution in [1.29, 1.82) is 0 Å². The van der Waals surface area contributed by atoms with Gasteiger partial charge in [-0.2, -0.15) is 8.78 Å².